The van der Waals surface area contributed by atoms with Gasteiger partial charge in [0, 0.05) is 6.54 Å². The highest BCUT2D eigenvalue weighted by atomic mass is 16.3. The van der Waals surface area contributed by atoms with Crippen LogP contribution in [0.2, 0.25) is 0 Å². The van der Waals surface area contributed by atoms with Gasteiger partial charge in [0.05, 0.1) is 11.9 Å². The fraction of sp³-hybridized carbons (Fsp3) is 0.583. The van der Waals surface area contributed by atoms with Crippen molar-refractivity contribution in [1.82, 2.24) is 5.32 Å². The summed E-state index contributed by atoms with van der Waals surface area (Å²) in [6.45, 7) is 0.312. The van der Waals surface area contributed by atoms with Gasteiger partial charge in [-0.2, -0.15) is 0 Å². The molecule has 0 unspecified atom stereocenters. The first-order chi connectivity index (χ1) is 7.70. The van der Waals surface area contributed by atoms with Crippen LogP contribution in [0.25, 0.3) is 0 Å². The van der Waals surface area contributed by atoms with Crippen LogP contribution in [0.4, 0.5) is 0 Å². The highest BCUT2D eigenvalue weighted by molar-refractivity contribution is 5.91. The molecule has 0 aromatic carbocycles. The number of carbonyl (C=O) groups excluding carboxylic acids is 1. The Kier molecular flexibility index (Phi) is 3.29. The van der Waals surface area contributed by atoms with Crippen LogP contribution in [-0.2, 0) is 0 Å². The van der Waals surface area contributed by atoms with Crippen molar-refractivity contribution in [2.75, 3.05) is 6.54 Å². The maximum absolute atomic E-state index is 11.6. The van der Waals surface area contributed by atoms with Crippen LogP contribution in [0.1, 0.15) is 42.7 Å². The molecule has 1 aromatic rings. The summed E-state index contributed by atoms with van der Waals surface area (Å²) in [5.74, 6) is 0.0309. The second kappa shape index (κ2) is 4.70. The Morgan fingerprint density at radius 2 is 2.19 bits per heavy atom. The van der Waals surface area contributed by atoms with Gasteiger partial charge in [-0.25, -0.2) is 0 Å². The van der Waals surface area contributed by atoms with Gasteiger partial charge in [-0.15, -0.1) is 0 Å². The van der Waals surface area contributed by atoms with Crippen LogP contribution in [-0.4, -0.2) is 23.2 Å². The van der Waals surface area contributed by atoms with E-state index in [2.05, 4.69) is 5.32 Å². The summed E-state index contributed by atoms with van der Waals surface area (Å²) in [6, 6.07) is 3.28. The van der Waals surface area contributed by atoms with E-state index in [0.29, 0.717) is 12.3 Å². The molecule has 0 saturated heterocycles. The van der Waals surface area contributed by atoms with Gasteiger partial charge in [-0.3, -0.25) is 4.79 Å². The van der Waals surface area contributed by atoms with Gasteiger partial charge in [0.1, 0.15) is 0 Å². The second-order valence-electron chi connectivity index (χ2n) is 4.44. The molecule has 1 aromatic heterocycles. The summed E-state index contributed by atoms with van der Waals surface area (Å²) in [6.07, 6.45) is 6.25. The van der Waals surface area contributed by atoms with E-state index in [4.69, 9.17) is 4.42 Å². The van der Waals surface area contributed by atoms with Crippen molar-refractivity contribution in [3.05, 3.63) is 24.2 Å². The molecule has 0 radical (unpaired) electrons. The summed E-state index contributed by atoms with van der Waals surface area (Å²) in [5.41, 5.74) is -0.722. The monoisotopic (exact) mass is 223 g/mol. The van der Waals surface area contributed by atoms with Crippen molar-refractivity contribution in [3.63, 3.8) is 0 Å². The Hall–Kier alpha value is -1.29. The summed E-state index contributed by atoms with van der Waals surface area (Å²) < 4.78 is 4.97. The molecule has 1 amide bonds. The standard InChI is InChI=1S/C12H17NO3/c14-11(10-5-4-8-16-10)13-9-12(15)6-2-1-3-7-12/h4-5,8,15H,1-3,6-7,9H2,(H,13,14). The van der Waals surface area contributed by atoms with Crippen LogP contribution in [0.5, 0.6) is 0 Å². The molecular formula is C12H17NO3. The molecule has 2 rings (SSSR count). The van der Waals surface area contributed by atoms with Crippen LogP contribution in [0, 0.1) is 0 Å². The zero-order valence-corrected chi connectivity index (χ0v) is 9.24. The molecule has 0 spiro atoms. The average Bonchev–Trinajstić information content (AvgIpc) is 2.80. The number of amides is 1. The van der Waals surface area contributed by atoms with Gasteiger partial charge in [0.25, 0.3) is 5.91 Å². The minimum Gasteiger partial charge on any atom is -0.459 e. The molecule has 16 heavy (non-hydrogen) atoms. The molecule has 1 saturated carbocycles. The van der Waals surface area contributed by atoms with Crippen LogP contribution < -0.4 is 5.32 Å². The average molecular weight is 223 g/mol. The molecule has 0 bridgehead atoms. The Labute approximate surface area is 94.6 Å². The van der Waals surface area contributed by atoms with Crippen LogP contribution in [0.15, 0.2) is 22.8 Å². The van der Waals surface area contributed by atoms with E-state index in [1.807, 2.05) is 0 Å². The molecule has 1 fully saturated rings. The first-order valence-corrected chi connectivity index (χ1v) is 5.74. The lowest BCUT2D eigenvalue weighted by molar-refractivity contribution is 0.00502. The molecular weight excluding hydrogens is 206 g/mol. The summed E-state index contributed by atoms with van der Waals surface area (Å²) in [5, 5.41) is 12.9. The largest absolute Gasteiger partial charge is 0.459 e. The van der Waals surface area contributed by atoms with Gasteiger partial charge < -0.3 is 14.8 Å². The van der Waals surface area contributed by atoms with Gasteiger partial charge >= 0.3 is 0 Å². The third-order valence-corrected chi connectivity index (χ3v) is 3.11. The molecule has 4 nitrogen and oxygen atoms in total. The van der Waals surface area contributed by atoms with Crippen molar-refractivity contribution in [1.29, 1.82) is 0 Å². The van der Waals surface area contributed by atoms with Crippen molar-refractivity contribution < 1.29 is 14.3 Å². The van der Waals surface area contributed by atoms with E-state index in [1.165, 1.54) is 12.7 Å². The van der Waals surface area contributed by atoms with Gasteiger partial charge in [-0.1, -0.05) is 19.3 Å². The summed E-state index contributed by atoms with van der Waals surface area (Å²) in [4.78, 5) is 11.6. The molecule has 0 atom stereocenters. The molecule has 4 heteroatoms. The number of nitrogens with one attached hydrogen (secondary N) is 1. The normalized spacial score (nSPS) is 19.3. The highest BCUT2D eigenvalue weighted by Crippen LogP contribution is 2.27. The first kappa shape index (κ1) is 11.2. The number of hydrogen-bond acceptors (Lipinski definition) is 3. The number of hydrogen-bond donors (Lipinski definition) is 2. The van der Waals surface area contributed by atoms with Crippen molar-refractivity contribution in [3.8, 4) is 0 Å². The minimum absolute atomic E-state index is 0.260. The van der Waals surface area contributed by atoms with E-state index in [9.17, 15) is 9.90 Å². The molecule has 2 N–H and O–H groups in total. The lowest BCUT2D eigenvalue weighted by Gasteiger charge is -2.31. The maximum atomic E-state index is 11.6. The first-order valence-electron chi connectivity index (χ1n) is 5.74. The van der Waals surface area contributed by atoms with E-state index in [-0.39, 0.29) is 5.91 Å². The van der Waals surface area contributed by atoms with Gasteiger partial charge in [0.2, 0.25) is 0 Å². The zero-order valence-electron chi connectivity index (χ0n) is 9.24. The van der Waals surface area contributed by atoms with Crippen molar-refractivity contribution >= 4 is 5.91 Å². The maximum Gasteiger partial charge on any atom is 0.287 e. The third kappa shape index (κ3) is 2.64. The molecule has 88 valence electrons. The molecule has 1 aliphatic carbocycles. The number of carbonyl (C=O) groups is 1. The number of aliphatic hydroxyl groups is 1. The fourth-order valence-corrected chi connectivity index (χ4v) is 2.13. The van der Waals surface area contributed by atoms with E-state index in [1.54, 1.807) is 12.1 Å². The number of furan rings is 1. The molecule has 0 aliphatic heterocycles. The van der Waals surface area contributed by atoms with Crippen molar-refractivity contribution in [2.45, 2.75) is 37.7 Å². The SMILES string of the molecule is O=C(NCC1(O)CCCCC1)c1ccco1. The Bertz CT molecular complexity index is 339. The van der Waals surface area contributed by atoms with Crippen molar-refractivity contribution in [2.24, 2.45) is 0 Å². The second-order valence-corrected chi connectivity index (χ2v) is 4.44. The van der Waals surface area contributed by atoms with Gasteiger partial charge in [0.15, 0.2) is 5.76 Å². The minimum atomic E-state index is -0.722. The highest BCUT2D eigenvalue weighted by Gasteiger charge is 2.29. The molecule has 1 aliphatic rings. The lowest BCUT2D eigenvalue weighted by atomic mass is 9.85. The predicted octanol–water partition coefficient (Wildman–Crippen LogP) is 1.70. The van der Waals surface area contributed by atoms with Gasteiger partial charge in [-0.05, 0) is 25.0 Å². The summed E-state index contributed by atoms with van der Waals surface area (Å²) in [7, 11) is 0. The van der Waals surface area contributed by atoms with E-state index < -0.39 is 5.60 Å². The fourth-order valence-electron chi connectivity index (χ4n) is 2.13. The van der Waals surface area contributed by atoms with Crippen LogP contribution >= 0.6 is 0 Å². The zero-order chi connectivity index (χ0) is 11.4. The van der Waals surface area contributed by atoms with Crippen LogP contribution in [0.3, 0.4) is 0 Å². The Morgan fingerprint density at radius 3 is 2.81 bits per heavy atom. The Balaban J connectivity index is 1.84. The summed E-state index contributed by atoms with van der Waals surface area (Å²) >= 11 is 0. The third-order valence-electron chi connectivity index (χ3n) is 3.11. The smallest absolute Gasteiger partial charge is 0.287 e. The Morgan fingerprint density at radius 1 is 1.44 bits per heavy atom. The van der Waals surface area contributed by atoms with E-state index in [0.717, 1.165) is 25.7 Å². The molecule has 1 heterocycles. The quantitative estimate of drug-likeness (QED) is 0.819. The number of rotatable bonds is 3. The topological polar surface area (TPSA) is 62.5 Å². The van der Waals surface area contributed by atoms with E-state index >= 15 is 0 Å². The predicted molar refractivity (Wildman–Crippen MR) is 59.1 cm³/mol. The lowest BCUT2D eigenvalue weighted by Crippen LogP contribution is -2.44.